The maximum Gasteiger partial charge on any atom is 0.128 e. The van der Waals surface area contributed by atoms with E-state index in [0.29, 0.717) is 17.0 Å². The fourth-order valence-electron chi connectivity index (χ4n) is 1.86. The third-order valence-corrected chi connectivity index (χ3v) is 2.99. The van der Waals surface area contributed by atoms with Gasteiger partial charge in [-0.15, -0.1) is 11.6 Å². The number of nitrogens with zero attached hydrogens (tertiary/aromatic N) is 1. The average Bonchev–Trinajstić information content (AvgIpc) is 2.46. The van der Waals surface area contributed by atoms with Crippen molar-refractivity contribution in [1.82, 2.24) is 4.98 Å². The lowest BCUT2D eigenvalue weighted by Gasteiger charge is -2.16. The SMILES string of the molecule is COc1ccnc(-c2ccccc2)c1C(O)CCl. The quantitative estimate of drug-likeness (QED) is 0.862. The monoisotopic (exact) mass is 263 g/mol. The van der Waals surface area contributed by atoms with E-state index in [-0.39, 0.29) is 5.88 Å². The molecule has 1 unspecified atom stereocenters. The second kappa shape index (κ2) is 5.85. The van der Waals surface area contributed by atoms with E-state index in [2.05, 4.69) is 4.98 Å². The first-order valence-corrected chi connectivity index (χ1v) is 6.13. The summed E-state index contributed by atoms with van der Waals surface area (Å²) in [6.07, 6.45) is 0.858. The van der Waals surface area contributed by atoms with Gasteiger partial charge in [0.2, 0.25) is 0 Å². The predicted molar refractivity (Wildman–Crippen MR) is 71.9 cm³/mol. The number of pyridine rings is 1. The molecule has 18 heavy (non-hydrogen) atoms. The molecule has 94 valence electrons. The van der Waals surface area contributed by atoms with Crippen LogP contribution in [0.2, 0.25) is 0 Å². The molecule has 1 atom stereocenters. The molecule has 0 saturated carbocycles. The normalized spacial score (nSPS) is 12.2. The highest BCUT2D eigenvalue weighted by molar-refractivity contribution is 6.18. The number of hydrogen-bond acceptors (Lipinski definition) is 3. The van der Waals surface area contributed by atoms with E-state index in [1.54, 1.807) is 19.4 Å². The summed E-state index contributed by atoms with van der Waals surface area (Å²) in [4.78, 5) is 4.33. The molecule has 1 aromatic heterocycles. The van der Waals surface area contributed by atoms with Crippen LogP contribution < -0.4 is 4.74 Å². The first-order valence-electron chi connectivity index (χ1n) is 5.60. The Hall–Kier alpha value is -1.58. The van der Waals surface area contributed by atoms with E-state index >= 15 is 0 Å². The lowest BCUT2D eigenvalue weighted by Crippen LogP contribution is -2.05. The number of rotatable bonds is 4. The van der Waals surface area contributed by atoms with E-state index in [1.807, 2.05) is 30.3 Å². The Bertz CT molecular complexity index is 516. The first-order chi connectivity index (χ1) is 8.77. The standard InChI is InChI=1S/C14H14ClNO2/c1-18-12-7-8-16-14(13(12)11(17)9-15)10-5-3-2-4-6-10/h2-8,11,17H,9H2,1H3. The van der Waals surface area contributed by atoms with Gasteiger partial charge in [-0.25, -0.2) is 0 Å². The van der Waals surface area contributed by atoms with E-state index in [4.69, 9.17) is 16.3 Å². The molecule has 1 N–H and O–H groups in total. The maximum atomic E-state index is 10.0. The van der Waals surface area contributed by atoms with Gasteiger partial charge in [0.25, 0.3) is 0 Å². The molecule has 0 aliphatic rings. The van der Waals surface area contributed by atoms with Gasteiger partial charge < -0.3 is 9.84 Å². The third-order valence-electron chi connectivity index (χ3n) is 2.70. The minimum absolute atomic E-state index is 0.0991. The van der Waals surface area contributed by atoms with Crippen LogP contribution in [0.5, 0.6) is 5.75 Å². The van der Waals surface area contributed by atoms with Crippen molar-refractivity contribution in [3.8, 4) is 17.0 Å². The molecule has 2 aromatic rings. The van der Waals surface area contributed by atoms with Gasteiger partial charge in [0, 0.05) is 11.8 Å². The molecule has 0 fully saturated rings. The summed E-state index contributed by atoms with van der Waals surface area (Å²) in [6, 6.07) is 11.4. The van der Waals surface area contributed by atoms with Gasteiger partial charge in [-0.3, -0.25) is 4.98 Å². The predicted octanol–water partition coefficient (Wildman–Crippen LogP) is 3.03. The Morgan fingerprint density at radius 3 is 2.61 bits per heavy atom. The highest BCUT2D eigenvalue weighted by Gasteiger charge is 2.19. The lowest BCUT2D eigenvalue weighted by atomic mass is 10.0. The fraction of sp³-hybridized carbons (Fsp3) is 0.214. The van der Waals surface area contributed by atoms with Crippen LogP contribution in [-0.2, 0) is 0 Å². The van der Waals surface area contributed by atoms with Crippen molar-refractivity contribution in [1.29, 1.82) is 0 Å². The fourth-order valence-corrected chi connectivity index (χ4v) is 2.01. The van der Waals surface area contributed by atoms with Crippen LogP contribution in [-0.4, -0.2) is 23.1 Å². The van der Waals surface area contributed by atoms with Crippen molar-refractivity contribution < 1.29 is 9.84 Å². The van der Waals surface area contributed by atoms with Crippen LogP contribution in [0, 0.1) is 0 Å². The first kappa shape index (κ1) is 12.9. The van der Waals surface area contributed by atoms with Crippen LogP contribution in [0.15, 0.2) is 42.6 Å². The molecule has 2 rings (SSSR count). The second-order valence-electron chi connectivity index (χ2n) is 3.81. The summed E-state index contributed by atoms with van der Waals surface area (Å²) < 4.78 is 5.27. The van der Waals surface area contributed by atoms with Crippen LogP contribution >= 0.6 is 11.6 Å². The molecule has 0 bridgehead atoms. The highest BCUT2D eigenvalue weighted by Crippen LogP contribution is 2.33. The molecule has 1 aromatic carbocycles. The number of alkyl halides is 1. The Labute approximate surface area is 111 Å². The number of benzene rings is 1. The number of aliphatic hydroxyl groups is 1. The number of halogens is 1. The number of hydrogen-bond donors (Lipinski definition) is 1. The zero-order chi connectivity index (χ0) is 13.0. The second-order valence-corrected chi connectivity index (χ2v) is 4.12. The maximum absolute atomic E-state index is 10.0. The van der Waals surface area contributed by atoms with Gasteiger partial charge >= 0.3 is 0 Å². The Morgan fingerprint density at radius 2 is 2.00 bits per heavy atom. The van der Waals surface area contributed by atoms with E-state index < -0.39 is 6.10 Å². The molecule has 1 heterocycles. The molecule has 0 amide bonds. The minimum atomic E-state index is -0.800. The van der Waals surface area contributed by atoms with Crippen molar-refractivity contribution in [3.05, 3.63) is 48.2 Å². The van der Waals surface area contributed by atoms with Gasteiger partial charge in [-0.2, -0.15) is 0 Å². The molecule has 0 aliphatic carbocycles. The summed E-state index contributed by atoms with van der Waals surface area (Å²) >= 11 is 5.74. The minimum Gasteiger partial charge on any atom is -0.496 e. The number of ether oxygens (including phenoxy) is 1. The summed E-state index contributed by atoms with van der Waals surface area (Å²) in [5, 5.41) is 10.0. The van der Waals surface area contributed by atoms with Crippen molar-refractivity contribution in [2.75, 3.05) is 13.0 Å². The summed E-state index contributed by atoms with van der Waals surface area (Å²) in [6.45, 7) is 0. The third kappa shape index (κ3) is 2.47. The van der Waals surface area contributed by atoms with E-state index in [9.17, 15) is 5.11 Å². The largest absolute Gasteiger partial charge is 0.496 e. The lowest BCUT2D eigenvalue weighted by molar-refractivity contribution is 0.198. The molecule has 0 radical (unpaired) electrons. The molecule has 0 saturated heterocycles. The van der Waals surface area contributed by atoms with Crippen molar-refractivity contribution >= 4 is 11.6 Å². The van der Waals surface area contributed by atoms with Crippen LogP contribution in [0.25, 0.3) is 11.3 Å². The topological polar surface area (TPSA) is 42.4 Å². The number of aromatic nitrogens is 1. The van der Waals surface area contributed by atoms with Gasteiger partial charge in [-0.1, -0.05) is 30.3 Å². The average molecular weight is 264 g/mol. The van der Waals surface area contributed by atoms with Crippen LogP contribution in [0.1, 0.15) is 11.7 Å². The smallest absolute Gasteiger partial charge is 0.128 e. The van der Waals surface area contributed by atoms with Gasteiger partial charge in [0.1, 0.15) is 5.75 Å². The highest BCUT2D eigenvalue weighted by atomic mass is 35.5. The molecular formula is C14H14ClNO2. The van der Waals surface area contributed by atoms with Crippen LogP contribution in [0.4, 0.5) is 0 Å². The van der Waals surface area contributed by atoms with Crippen molar-refractivity contribution in [3.63, 3.8) is 0 Å². The van der Waals surface area contributed by atoms with Crippen LogP contribution in [0.3, 0.4) is 0 Å². The van der Waals surface area contributed by atoms with Gasteiger partial charge in [0.15, 0.2) is 0 Å². The molecule has 4 heteroatoms. The molecule has 0 aliphatic heterocycles. The van der Waals surface area contributed by atoms with E-state index in [0.717, 1.165) is 5.56 Å². The zero-order valence-corrected chi connectivity index (χ0v) is 10.8. The summed E-state index contributed by atoms with van der Waals surface area (Å²) in [5.74, 6) is 0.694. The molecule has 3 nitrogen and oxygen atoms in total. The molecule has 0 spiro atoms. The summed E-state index contributed by atoms with van der Waals surface area (Å²) in [7, 11) is 1.56. The zero-order valence-electron chi connectivity index (χ0n) is 10.0. The Balaban J connectivity index is 2.60. The van der Waals surface area contributed by atoms with E-state index in [1.165, 1.54) is 0 Å². The summed E-state index contributed by atoms with van der Waals surface area (Å²) in [5.41, 5.74) is 2.25. The number of methoxy groups -OCH3 is 1. The molecular weight excluding hydrogens is 250 g/mol. The van der Waals surface area contributed by atoms with Crippen molar-refractivity contribution in [2.24, 2.45) is 0 Å². The number of aliphatic hydroxyl groups excluding tert-OH is 1. The van der Waals surface area contributed by atoms with Gasteiger partial charge in [0.05, 0.1) is 30.4 Å². The Morgan fingerprint density at radius 1 is 1.28 bits per heavy atom. The van der Waals surface area contributed by atoms with Crippen molar-refractivity contribution in [2.45, 2.75) is 6.10 Å². The van der Waals surface area contributed by atoms with Gasteiger partial charge in [-0.05, 0) is 6.07 Å². The Kier molecular flexibility index (Phi) is 4.18.